The first-order valence-electron chi connectivity index (χ1n) is 14.4. The number of sulfonamides is 1. The van der Waals surface area contributed by atoms with Gasteiger partial charge in [-0.05, 0) is 76.7 Å². The third-order valence-electron chi connectivity index (χ3n) is 7.91. The van der Waals surface area contributed by atoms with Crippen LogP contribution < -0.4 is 4.31 Å². The van der Waals surface area contributed by atoms with Gasteiger partial charge in [-0.15, -0.1) is 0 Å². The molecule has 0 fully saturated rings. The highest BCUT2D eigenvalue weighted by atomic mass is 32.2. The van der Waals surface area contributed by atoms with Gasteiger partial charge in [-0.2, -0.15) is 13.2 Å². The summed E-state index contributed by atoms with van der Waals surface area (Å²) < 4.78 is 69.9. The number of benzene rings is 5. The van der Waals surface area contributed by atoms with Gasteiger partial charge in [-0.25, -0.2) is 8.42 Å². The van der Waals surface area contributed by atoms with Crippen LogP contribution in [0.4, 0.5) is 18.9 Å². The number of anilines is 1. The van der Waals surface area contributed by atoms with Gasteiger partial charge in [-0.3, -0.25) is 9.10 Å². The zero-order chi connectivity index (χ0) is 31.6. The summed E-state index contributed by atoms with van der Waals surface area (Å²) in [5, 5.41) is 0. The molecule has 45 heavy (non-hydrogen) atoms. The Hall–Kier alpha value is -4.89. The summed E-state index contributed by atoms with van der Waals surface area (Å²) in [7, 11) is -4.39. The fraction of sp³-hybridized carbons (Fsp3) is 0.139. The zero-order valence-electron chi connectivity index (χ0n) is 24.1. The second-order valence-corrected chi connectivity index (χ2v) is 12.8. The van der Waals surface area contributed by atoms with E-state index in [1.54, 1.807) is 41.3 Å². The number of hydrogen-bond acceptors (Lipinski definition) is 3. The van der Waals surface area contributed by atoms with Gasteiger partial charge >= 0.3 is 6.18 Å². The topological polar surface area (TPSA) is 57.7 Å². The van der Waals surface area contributed by atoms with Crippen molar-refractivity contribution in [3.8, 4) is 11.1 Å². The van der Waals surface area contributed by atoms with Crippen LogP contribution in [0.1, 0.15) is 32.6 Å². The van der Waals surface area contributed by atoms with Crippen LogP contribution in [0, 0.1) is 0 Å². The van der Waals surface area contributed by atoms with E-state index in [1.807, 2.05) is 30.3 Å². The van der Waals surface area contributed by atoms with Crippen molar-refractivity contribution in [2.45, 2.75) is 30.6 Å². The van der Waals surface area contributed by atoms with Crippen molar-refractivity contribution >= 4 is 21.6 Å². The van der Waals surface area contributed by atoms with E-state index in [9.17, 15) is 26.4 Å². The highest BCUT2D eigenvalue weighted by Gasteiger charge is 2.33. The van der Waals surface area contributed by atoms with Gasteiger partial charge in [0.1, 0.15) is 0 Å². The molecule has 0 N–H and O–H groups in total. The molecule has 5 nitrogen and oxygen atoms in total. The van der Waals surface area contributed by atoms with Gasteiger partial charge in [0, 0.05) is 18.7 Å². The van der Waals surface area contributed by atoms with Crippen molar-refractivity contribution in [3.05, 3.63) is 155 Å². The second-order valence-electron chi connectivity index (χ2n) is 10.9. The Morgan fingerprint density at radius 1 is 0.733 bits per heavy atom. The fourth-order valence-corrected chi connectivity index (χ4v) is 7.03. The number of alkyl halides is 3. The Morgan fingerprint density at radius 3 is 2.18 bits per heavy atom. The van der Waals surface area contributed by atoms with Gasteiger partial charge in [-0.1, -0.05) is 84.9 Å². The first-order chi connectivity index (χ1) is 21.6. The highest BCUT2D eigenvalue weighted by molar-refractivity contribution is 7.92. The van der Waals surface area contributed by atoms with E-state index in [2.05, 4.69) is 18.2 Å². The summed E-state index contributed by atoms with van der Waals surface area (Å²) in [5.74, 6) is -0.323. The summed E-state index contributed by atoms with van der Waals surface area (Å²) in [4.78, 5) is 15.2. The van der Waals surface area contributed by atoms with E-state index in [1.165, 1.54) is 30.3 Å². The molecule has 0 aliphatic carbocycles. The van der Waals surface area contributed by atoms with Gasteiger partial charge < -0.3 is 4.90 Å². The van der Waals surface area contributed by atoms with Crippen LogP contribution in [0.25, 0.3) is 11.1 Å². The van der Waals surface area contributed by atoms with Crippen LogP contribution in [0.3, 0.4) is 0 Å². The maximum atomic E-state index is 14.1. The van der Waals surface area contributed by atoms with Gasteiger partial charge in [0.25, 0.3) is 15.9 Å². The van der Waals surface area contributed by atoms with E-state index in [0.717, 1.165) is 38.7 Å². The number of carbonyl (C=O) groups excluding carboxylic acids is 1. The molecule has 0 bridgehead atoms. The van der Waals surface area contributed by atoms with E-state index in [-0.39, 0.29) is 28.6 Å². The van der Waals surface area contributed by atoms with E-state index < -0.39 is 21.8 Å². The van der Waals surface area contributed by atoms with Crippen molar-refractivity contribution in [1.82, 2.24) is 4.90 Å². The first-order valence-corrected chi connectivity index (χ1v) is 15.8. The molecule has 1 aliphatic heterocycles. The van der Waals surface area contributed by atoms with E-state index in [0.29, 0.717) is 25.1 Å². The molecule has 228 valence electrons. The Kier molecular flexibility index (Phi) is 8.20. The lowest BCUT2D eigenvalue weighted by Gasteiger charge is -2.30. The van der Waals surface area contributed by atoms with Gasteiger partial charge in [0.2, 0.25) is 0 Å². The summed E-state index contributed by atoms with van der Waals surface area (Å²) >= 11 is 0. The number of amides is 1. The van der Waals surface area contributed by atoms with Crippen LogP contribution in [0.15, 0.2) is 132 Å². The molecular formula is C36H29F3N2O3S. The predicted molar refractivity (Wildman–Crippen MR) is 168 cm³/mol. The van der Waals surface area contributed by atoms with Crippen molar-refractivity contribution in [2.75, 3.05) is 10.8 Å². The second kappa shape index (κ2) is 12.2. The number of hydrogen-bond donors (Lipinski definition) is 0. The molecule has 6 rings (SSSR count). The molecular weight excluding hydrogens is 597 g/mol. The van der Waals surface area contributed by atoms with Crippen molar-refractivity contribution in [1.29, 1.82) is 0 Å². The van der Waals surface area contributed by atoms with E-state index >= 15 is 0 Å². The standard InChI is InChI=1S/C36H29F3N2O3S/c37-36(38,39)32-14-8-15-33(23-32)41(24-26-9-3-1-4-10-26)45(43,44)34-16-7-13-30(22-34)35(42)40-20-19-28-17-18-29(21-31(28)25-40)27-11-5-2-6-12-27/h1-18,21-23H,19-20,24-25H2. The van der Waals surface area contributed by atoms with Crippen LogP contribution in [-0.4, -0.2) is 25.8 Å². The normalized spacial score (nSPS) is 13.3. The number of nitrogens with zero attached hydrogens (tertiary/aromatic N) is 2. The maximum Gasteiger partial charge on any atom is 0.416 e. The molecule has 0 atom stereocenters. The summed E-state index contributed by atoms with van der Waals surface area (Å²) in [6.07, 6.45) is -3.99. The highest BCUT2D eigenvalue weighted by Crippen LogP contribution is 2.34. The average molecular weight is 627 g/mol. The summed E-state index contributed by atoms with van der Waals surface area (Å²) in [6, 6.07) is 34.8. The molecule has 1 amide bonds. The number of carbonyl (C=O) groups is 1. The molecule has 0 aromatic heterocycles. The van der Waals surface area contributed by atoms with Crippen molar-refractivity contribution in [2.24, 2.45) is 0 Å². The third-order valence-corrected chi connectivity index (χ3v) is 9.68. The minimum absolute atomic E-state index is 0.132. The first kappa shape index (κ1) is 30.1. The van der Waals surface area contributed by atoms with Crippen LogP contribution in [0.5, 0.6) is 0 Å². The number of rotatable bonds is 7. The zero-order valence-corrected chi connectivity index (χ0v) is 24.9. The molecule has 0 radical (unpaired) electrons. The lowest BCUT2D eigenvalue weighted by Crippen LogP contribution is -2.36. The van der Waals surface area contributed by atoms with Gasteiger partial charge in [0.05, 0.1) is 22.7 Å². The SMILES string of the molecule is O=C(c1cccc(S(=O)(=O)N(Cc2ccccc2)c2cccc(C(F)(F)F)c2)c1)N1CCc2ccc(-c3ccccc3)cc2C1. The molecule has 1 heterocycles. The Morgan fingerprint density at radius 2 is 1.44 bits per heavy atom. The Labute approximate surface area is 260 Å². The molecule has 0 spiro atoms. The third kappa shape index (κ3) is 6.49. The van der Waals surface area contributed by atoms with Crippen molar-refractivity contribution < 1.29 is 26.4 Å². The molecule has 0 saturated carbocycles. The minimum atomic E-state index is -4.65. The molecule has 0 saturated heterocycles. The van der Waals surface area contributed by atoms with Crippen LogP contribution in [-0.2, 0) is 35.7 Å². The molecule has 0 unspecified atom stereocenters. The monoisotopic (exact) mass is 626 g/mol. The molecule has 5 aromatic carbocycles. The quantitative estimate of drug-likeness (QED) is 0.184. The molecule has 1 aliphatic rings. The van der Waals surface area contributed by atoms with Crippen LogP contribution >= 0.6 is 0 Å². The Balaban J connectivity index is 1.31. The van der Waals surface area contributed by atoms with Crippen LogP contribution in [0.2, 0.25) is 0 Å². The average Bonchev–Trinajstić information content (AvgIpc) is 3.07. The number of fused-ring (bicyclic) bond motifs is 1. The molecule has 5 aromatic rings. The largest absolute Gasteiger partial charge is 0.416 e. The lowest BCUT2D eigenvalue weighted by molar-refractivity contribution is -0.137. The fourth-order valence-electron chi connectivity index (χ4n) is 5.54. The molecule has 9 heteroatoms. The summed E-state index contributed by atoms with van der Waals surface area (Å²) in [5.41, 5.74) is 3.98. The smallest absolute Gasteiger partial charge is 0.334 e. The van der Waals surface area contributed by atoms with E-state index in [4.69, 9.17) is 0 Å². The van der Waals surface area contributed by atoms with Gasteiger partial charge in [0.15, 0.2) is 0 Å². The maximum absolute atomic E-state index is 14.1. The number of halogens is 3. The minimum Gasteiger partial charge on any atom is -0.334 e. The predicted octanol–water partition coefficient (Wildman–Crippen LogP) is 7.97. The summed E-state index contributed by atoms with van der Waals surface area (Å²) in [6.45, 7) is 0.642. The van der Waals surface area contributed by atoms with Crippen molar-refractivity contribution in [3.63, 3.8) is 0 Å². The Bertz CT molecular complexity index is 1950. The lowest BCUT2D eigenvalue weighted by atomic mass is 9.94.